The Labute approximate surface area is 749 Å². The standard InChI is InChI=1S/C26H31N7O2.C23H27N7O3.C22H25N7O2.C22H24N6O3/c1-27-24-16-28-15-23(30-24)19-13-22(26(35)29-14-19)31-25(34)18-6-8-20(9-7-18)33-12-4-5-21(33)17-32-10-2-3-11-32;1-24-21-15-25-14-20(27-21)17-12-19(23(33)26-13-17)28-22(32)16-2-4-18(5-3-16)30-8-6-29(7-9-30)10-11-31;1-23-20-14-25-13-19(27-20)16-11-18(22(31)26-12-16)28-21(30)15-3-5-17(6-4-15)29-9-2-7-24-8-10-29;1-23-20-12-24-11-19(26-20)15-9-18(22(31)25-10-15)27-21(30)14-4-6-16(7-5-14)28-8-2-3-17(28)13-29/h6-9,13-16,21H,2-5,10-12,17H2,1H3,(H,27,30)(H,29,35)(H,31,34);2-5,12-15,31H,6-11H2,1H3,(H,24,27)(H,26,33)(H,28,32);3-6,11-14,24H,2,7-10H2,1H3,(H,23,27)(H,26,31)(H,28,30);4-7,9-12,17,29H,2-3,8,13H2,1H3,(H,23,26)(H,25,31)(H,27,30)/t21-;;;17-/m0..0/s1. The number of hydrogen-bond donors (Lipinski definition) is 15. The molecule has 130 heavy (non-hydrogen) atoms. The number of carbonyl (C=O) groups excluding carboxylic acids is 4. The highest BCUT2D eigenvalue weighted by Gasteiger charge is 2.30. The van der Waals surface area contributed by atoms with Crippen molar-refractivity contribution in [1.29, 1.82) is 0 Å². The summed E-state index contributed by atoms with van der Waals surface area (Å²) < 4.78 is 0. The van der Waals surface area contributed by atoms with Gasteiger partial charge in [-0.3, -0.25) is 63.2 Å². The van der Waals surface area contributed by atoms with E-state index in [4.69, 9.17) is 5.11 Å². The van der Waals surface area contributed by atoms with E-state index in [1.165, 1.54) is 51.2 Å². The van der Waals surface area contributed by atoms with Crippen molar-refractivity contribution in [2.45, 2.75) is 57.0 Å². The number of H-pyrrole nitrogens is 4. The average Bonchev–Trinajstić information content (AvgIpc) is 1.54. The van der Waals surface area contributed by atoms with Crippen LogP contribution in [0.25, 0.3) is 45.0 Å². The molecule has 2 atom stereocenters. The number of hydrogen-bond acceptors (Lipinski definition) is 29. The van der Waals surface area contributed by atoms with Crippen LogP contribution < -0.4 is 89.7 Å². The predicted molar refractivity (Wildman–Crippen MR) is 507 cm³/mol. The van der Waals surface area contributed by atoms with Crippen LogP contribution in [0.4, 0.5) is 68.8 Å². The Morgan fingerprint density at radius 3 is 1.03 bits per heavy atom. The van der Waals surface area contributed by atoms with E-state index in [0.717, 1.165) is 114 Å². The van der Waals surface area contributed by atoms with Crippen LogP contribution in [0.3, 0.4) is 0 Å². The molecule has 0 unspecified atom stereocenters. The van der Waals surface area contributed by atoms with Crippen LogP contribution in [-0.2, 0) is 0 Å². The van der Waals surface area contributed by atoms with Gasteiger partial charge in [0.05, 0.1) is 91.6 Å². The molecule has 5 aliphatic rings. The van der Waals surface area contributed by atoms with Crippen molar-refractivity contribution in [3.05, 3.63) is 259 Å². The zero-order chi connectivity index (χ0) is 90.8. The highest BCUT2D eigenvalue weighted by Crippen LogP contribution is 2.31. The summed E-state index contributed by atoms with van der Waals surface area (Å²) in [5.74, 6) is 0.979. The van der Waals surface area contributed by atoms with Crippen LogP contribution in [0.2, 0.25) is 0 Å². The van der Waals surface area contributed by atoms with Crippen LogP contribution in [0.15, 0.2) is 215 Å². The summed E-state index contributed by atoms with van der Waals surface area (Å²) >= 11 is 0. The summed E-state index contributed by atoms with van der Waals surface area (Å²) in [6.45, 7) is 13.8. The number of piperazine rings is 1. The molecule has 0 aliphatic carbocycles. The number of amides is 4. The molecule has 5 fully saturated rings. The van der Waals surface area contributed by atoms with Gasteiger partial charge >= 0.3 is 0 Å². The second-order valence-electron chi connectivity index (χ2n) is 31.5. The summed E-state index contributed by atoms with van der Waals surface area (Å²) in [5.41, 5.74) is 9.98. The number of rotatable bonds is 25. The van der Waals surface area contributed by atoms with Gasteiger partial charge in [0.15, 0.2) is 0 Å². The summed E-state index contributed by atoms with van der Waals surface area (Å²) in [6.07, 6.45) is 27.0. The first kappa shape index (κ1) is 91.3. The number of likely N-dealkylation sites (tertiary alicyclic amines) is 1. The zero-order valence-corrected chi connectivity index (χ0v) is 72.8. The molecule has 0 bridgehead atoms. The van der Waals surface area contributed by atoms with Crippen molar-refractivity contribution in [3.63, 3.8) is 0 Å². The lowest BCUT2D eigenvalue weighted by Gasteiger charge is -2.35. The van der Waals surface area contributed by atoms with Crippen LogP contribution >= 0.6 is 0 Å². The number of β-amino-alcohol motifs (C(OH)–C–C–N with tert-alkyl or cyclic N) is 1. The maximum atomic E-state index is 12.9. The van der Waals surface area contributed by atoms with Gasteiger partial charge in [-0.1, -0.05) is 0 Å². The Hall–Kier alpha value is -14.9. The Morgan fingerprint density at radius 2 is 0.692 bits per heavy atom. The molecule has 8 aromatic heterocycles. The number of aromatic amines is 4. The van der Waals surface area contributed by atoms with Gasteiger partial charge in [0.1, 0.15) is 46.0 Å². The van der Waals surface area contributed by atoms with Gasteiger partial charge in [-0.15, -0.1) is 0 Å². The van der Waals surface area contributed by atoms with E-state index < -0.39 is 11.1 Å². The number of aliphatic hydroxyl groups is 2. The lowest BCUT2D eigenvalue weighted by Crippen LogP contribution is -2.47. The third-order valence-electron chi connectivity index (χ3n) is 23.0. The van der Waals surface area contributed by atoms with Gasteiger partial charge in [0.2, 0.25) is 0 Å². The molecular weight excluding hydrogens is 1660 g/mol. The summed E-state index contributed by atoms with van der Waals surface area (Å²) in [7, 11) is 7.00. The fourth-order valence-corrected chi connectivity index (χ4v) is 15.9. The molecule has 5 saturated heterocycles. The number of anilines is 12. The number of pyridine rings is 4. The molecule has 5 aliphatic heterocycles. The lowest BCUT2D eigenvalue weighted by molar-refractivity contribution is 0.101. The van der Waals surface area contributed by atoms with Crippen molar-refractivity contribution < 1.29 is 29.4 Å². The normalized spacial score (nSPS) is 15.6. The highest BCUT2D eigenvalue weighted by atomic mass is 16.3. The summed E-state index contributed by atoms with van der Waals surface area (Å²) in [4.78, 5) is 159. The first-order chi connectivity index (χ1) is 63.4. The van der Waals surface area contributed by atoms with E-state index in [9.17, 15) is 43.5 Å². The van der Waals surface area contributed by atoms with E-state index in [-0.39, 0.29) is 76.8 Å². The molecule has 0 radical (unpaired) electrons. The molecular formula is C93H107N27O10. The molecule has 15 N–H and O–H groups in total. The first-order valence-corrected chi connectivity index (χ1v) is 43.4. The van der Waals surface area contributed by atoms with Crippen molar-refractivity contribution >= 4 is 92.4 Å². The SMILES string of the molecule is CNc1cncc(-c2c[nH]c(=O)c(NC(=O)c3ccc(N4CCCNCC4)cc3)c2)n1.CNc1cncc(-c2c[nH]c(=O)c(NC(=O)c3ccc(N4CCC[C@H]4CN4CCCC4)cc3)c2)n1.CNc1cncc(-c2c[nH]c(=O)c(NC(=O)c3ccc(N4CCC[C@H]4CO)cc3)c2)n1.CNc1cncc(-c2c[nH]c(=O)c(NC(=O)c3ccc(N4CCN(CCO)CC4)cc3)c2)n1. The van der Waals surface area contributed by atoms with Crippen molar-refractivity contribution in [2.75, 3.05) is 195 Å². The smallest absolute Gasteiger partial charge is 0.271 e. The molecule has 13 heterocycles. The van der Waals surface area contributed by atoms with Crippen LogP contribution in [0.1, 0.15) is 86.4 Å². The largest absolute Gasteiger partial charge is 0.395 e. The number of nitrogens with one attached hydrogen (secondary N) is 13. The van der Waals surface area contributed by atoms with Gasteiger partial charge in [-0.05, 0) is 186 Å². The second-order valence-corrected chi connectivity index (χ2v) is 31.5. The van der Waals surface area contributed by atoms with E-state index in [2.05, 4.69) is 137 Å². The average molecular weight is 1760 g/mol. The van der Waals surface area contributed by atoms with Gasteiger partial charge < -0.3 is 102 Å². The van der Waals surface area contributed by atoms with E-state index in [0.29, 0.717) is 103 Å². The van der Waals surface area contributed by atoms with Crippen LogP contribution in [0, 0.1) is 0 Å². The summed E-state index contributed by atoms with van der Waals surface area (Å²) in [5, 5.41) is 44.5. The molecule has 0 spiro atoms. The third kappa shape index (κ3) is 23.8. The Bertz CT molecular complexity index is 6100. The molecule has 0 saturated carbocycles. The van der Waals surface area contributed by atoms with Crippen molar-refractivity contribution in [2.24, 2.45) is 0 Å². The van der Waals surface area contributed by atoms with Crippen molar-refractivity contribution in [1.82, 2.24) is 74.9 Å². The monoisotopic (exact) mass is 1760 g/mol. The van der Waals surface area contributed by atoms with Gasteiger partial charge in [0, 0.05) is 198 Å². The summed E-state index contributed by atoms with van der Waals surface area (Å²) in [6, 6.07) is 36.6. The van der Waals surface area contributed by atoms with Gasteiger partial charge in [-0.25, -0.2) is 19.9 Å². The minimum atomic E-state index is -0.408. The molecule has 37 heteroatoms. The molecule has 17 rings (SSSR count). The molecule has 4 amide bonds. The number of carbonyl (C=O) groups is 4. The zero-order valence-electron chi connectivity index (χ0n) is 72.8. The lowest BCUT2D eigenvalue weighted by atomic mass is 10.1. The Balaban J connectivity index is 0.000000140. The maximum Gasteiger partial charge on any atom is 0.271 e. The molecule has 4 aromatic carbocycles. The van der Waals surface area contributed by atoms with E-state index in [1.54, 1.807) is 151 Å². The minimum absolute atomic E-state index is 0.114. The fourth-order valence-electron chi connectivity index (χ4n) is 15.9. The topological polar surface area (TPSA) is 471 Å². The molecule has 12 aromatic rings. The quantitative estimate of drug-likeness (QED) is 0.0255. The van der Waals surface area contributed by atoms with Gasteiger partial charge in [-0.2, -0.15) is 0 Å². The third-order valence-corrected chi connectivity index (χ3v) is 23.0. The maximum absolute atomic E-state index is 12.9. The molecule has 674 valence electrons. The number of benzene rings is 4. The van der Waals surface area contributed by atoms with E-state index in [1.807, 2.05) is 60.7 Å². The molecule has 37 nitrogen and oxygen atoms in total. The Morgan fingerprint density at radius 1 is 0.362 bits per heavy atom. The highest BCUT2D eigenvalue weighted by molar-refractivity contribution is 6.07. The predicted octanol–water partition coefficient (Wildman–Crippen LogP) is 8.44. The number of nitrogens with zero attached hydrogens (tertiary/aromatic N) is 14. The number of aliphatic hydroxyl groups excluding tert-OH is 2. The number of aromatic nitrogens is 12. The Kier molecular flexibility index (Phi) is 31.2. The van der Waals surface area contributed by atoms with Crippen LogP contribution in [0.5, 0.6) is 0 Å². The van der Waals surface area contributed by atoms with Crippen LogP contribution in [-0.4, -0.2) is 249 Å². The van der Waals surface area contributed by atoms with Gasteiger partial charge in [0.25, 0.3) is 45.9 Å². The minimum Gasteiger partial charge on any atom is -0.395 e. The van der Waals surface area contributed by atoms with E-state index >= 15 is 0 Å². The fraction of sp³-hybridized carbons (Fsp3) is 0.312. The van der Waals surface area contributed by atoms with Crippen molar-refractivity contribution in [3.8, 4) is 45.0 Å². The first-order valence-electron chi connectivity index (χ1n) is 43.4. The second kappa shape index (κ2) is 44.5.